The molecule has 3 N–H and O–H groups in total. The minimum Gasteiger partial charge on any atom is -0.472 e. The third-order valence-corrected chi connectivity index (χ3v) is 6.20. The number of carbonyl (C=O) groups is 1. The highest BCUT2D eigenvalue weighted by atomic mass is 16.5. The van der Waals surface area contributed by atoms with Crippen LogP contribution in [0.2, 0.25) is 0 Å². The summed E-state index contributed by atoms with van der Waals surface area (Å²) in [6.45, 7) is 1.84. The number of nitrogens with one attached hydrogen (secondary N) is 3. The molecule has 1 atom stereocenters. The number of H-pyrrole nitrogens is 1. The molecule has 0 unspecified atom stereocenters. The molecule has 4 heterocycles. The van der Waals surface area contributed by atoms with E-state index < -0.39 is 0 Å². The second kappa shape index (κ2) is 8.83. The smallest absolute Gasteiger partial charge is 0.253 e. The Bertz CT molecular complexity index is 1340. The van der Waals surface area contributed by atoms with Gasteiger partial charge in [0.25, 0.3) is 5.91 Å². The number of pyridine rings is 1. The van der Waals surface area contributed by atoms with Gasteiger partial charge in [-0.3, -0.25) is 19.9 Å². The van der Waals surface area contributed by atoms with Crippen molar-refractivity contribution in [2.45, 2.75) is 37.8 Å². The van der Waals surface area contributed by atoms with Crippen LogP contribution in [0.15, 0.2) is 49.1 Å². The van der Waals surface area contributed by atoms with E-state index in [1.165, 1.54) is 0 Å². The molecule has 1 aliphatic heterocycles. The molecule has 9 heteroatoms. The summed E-state index contributed by atoms with van der Waals surface area (Å²) in [5, 5.41) is 14.8. The van der Waals surface area contributed by atoms with Crippen LogP contribution in [-0.2, 0) is 0 Å². The molecule has 1 saturated heterocycles. The number of hydrogen-bond donors (Lipinski definition) is 3. The maximum Gasteiger partial charge on any atom is 0.253 e. The number of benzene rings is 1. The number of rotatable bonds is 6. The molecule has 9 nitrogen and oxygen atoms in total. The molecule has 0 spiro atoms. The summed E-state index contributed by atoms with van der Waals surface area (Å²) in [5.74, 6) is 0.416. The molecule has 2 fully saturated rings. The zero-order chi connectivity index (χ0) is 22.9. The molecule has 0 bridgehead atoms. The number of aromatic nitrogens is 5. The van der Waals surface area contributed by atoms with Gasteiger partial charge >= 0.3 is 0 Å². The van der Waals surface area contributed by atoms with Crippen LogP contribution >= 0.6 is 0 Å². The Morgan fingerprint density at radius 1 is 1.03 bits per heavy atom. The first-order valence-corrected chi connectivity index (χ1v) is 11.7. The van der Waals surface area contributed by atoms with Crippen LogP contribution in [0.1, 0.15) is 36.0 Å². The second-order valence-electron chi connectivity index (χ2n) is 8.87. The molecule has 1 amide bonds. The lowest BCUT2D eigenvalue weighted by Gasteiger charge is -2.23. The van der Waals surface area contributed by atoms with Gasteiger partial charge in [-0.05, 0) is 56.0 Å². The molecule has 34 heavy (non-hydrogen) atoms. The highest BCUT2D eigenvalue weighted by molar-refractivity contribution is 5.97. The van der Waals surface area contributed by atoms with Gasteiger partial charge in [-0.2, -0.15) is 5.10 Å². The Morgan fingerprint density at radius 2 is 1.94 bits per heavy atom. The Labute approximate surface area is 196 Å². The van der Waals surface area contributed by atoms with E-state index >= 15 is 0 Å². The van der Waals surface area contributed by atoms with E-state index in [-0.39, 0.29) is 12.0 Å². The van der Waals surface area contributed by atoms with E-state index in [0.29, 0.717) is 28.9 Å². The molecule has 0 radical (unpaired) electrons. The summed E-state index contributed by atoms with van der Waals surface area (Å²) in [6, 6.07) is 8.17. The quantitative estimate of drug-likeness (QED) is 0.409. The lowest BCUT2D eigenvalue weighted by molar-refractivity contribution is 0.0950. The van der Waals surface area contributed by atoms with Gasteiger partial charge in [-0.1, -0.05) is 6.07 Å². The largest absolute Gasteiger partial charge is 0.472 e. The van der Waals surface area contributed by atoms with Crippen molar-refractivity contribution in [2.24, 2.45) is 0 Å². The molecular weight excluding hydrogens is 430 g/mol. The number of fused-ring (bicyclic) bond motifs is 1. The maximum atomic E-state index is 12.5. The average Bonchev–Trinajstić information content (AvgIpc) is 3.59. The Hall–Kier alpha value is -3.85. The lowest BCUT2D eigenvalue weighted by atomic mass is 10.0. The number of ether oxygens (including phenoxy) is 1. The first-order valence-electron chi connectivity index (χ1n) is 11.7. The molecule has 1 saturated carbocycles. The lowest BCUT2D eigenvalue weighted by Crippen LogP contribution is -2.37. The van der Waals surface area contributed by atoms with Gasteiger partial charge in [0.15, 0.2) is 0 Å². The van der Waals surface area contributed by atoms with Crippen molar-refractivity contribution in [3.8, 4) is 28.4 Å². The van der Waals surface area contributed by atoms with Crippen LogP contribution in [0, 0.1) is 0 Å². The predicted molar refractivity (Wildman–Crippen MR) is 127 cm³/mol. The van der Waals surface area contributed by atoms with Gasteiger partial charge < -0.3 is 15.4 Å². The third-order valence-electron chi connectivity index (χ3n) is 6.20. The number of amides is 1. The van der Waals surface area contributed by atoms with Crippen molar-refractivity contribution < 1.29 is 9.53 Å². The third kappa shape index (κ3) is 4.34. The summed E-state index contributed by atoms with van der Waals surface area (Å²) in [6.07, 6.45) is 11.0. The zero-order valence-corrected chi connectivity index (χ0v) is 18.6. The second-order valence-corrected chi connectivity index (χ2v) is 8.87. The monoisotopic (exact) mass is 455 g/mol. The Balaban J connectivity index is 1.30. The van der Waals surface area contributed by atoms with Crippen molar-refractivity contribution in [2.75, 3.05) is 13.1 Å². The van der Waals surface area contributed by atoms with Crippen molar-refractivity contribution in [1.82, 2.24) is 35.8 Å². The number of carbonyl (C=O) groups excluding carboxylic acids is 1. The summed E-state index contributed by atoms with van der Waals surface area (Å²) in [5.41, 5.74) is 4.60. The topological polar surface area (TPSA) is 118 Å². The standard InChI is InChI=1S/C25H25N7O2/c33-25(29-18-4-5-18)17-8-16(10-27-11-17)15-3-6-21-20(9-15)24(32-31-21)22-13-28-14-23(30-22)34-19-2-1-7-26-12-19/h3,6,8-11,13-14,18-19,26H,1-2,4-5,7,12H2,(H,29,33)(H,31,32)/t19-/m1/s1. The fourth-order valence-electron chi connectivity index (χ4n) is 4.22. The SMILES string of the molecule is O=C(NC1CC1)c1cncc(-c2ccc3[nH]nc(-c4cncc(O[C@@H]5CCCNC5)n4)c3c2)c1. The molecule has 1 aromatic carbocycles. The fourth-order valence-corrected chi connectivity index (χ4v) is 4.22. The first kappa shape index (κ1) is 20.7. The molecule has 2 aliphatic rings. The van der Waals surface area contributed by atoms with E-state index in [1.54, 1.807) is 24.8 Å². The number of nitrogens with zero attached hydrogens (tertiary/aromatic N) is 4. The van der Waals surface area contributed by atoms with Gasteiger partial charge in [0.2, 0.25) is 5.88 Å². The molecule has 6 rings (SSSR count). The van der Waals surface area contributed by atoms with Crippen LogP contribution in [0.3, 0.4) is 0 Å². The molecule has 3 aromatic heterocycles. The minimum atomic E-state index is -0.0813. The van der Waals surface area contributed by atoms with Crippen LogP contribution < -0.4 is 15.4 Å². The van der Waals surface area contributed by atoms with E-state index in [1.807, 2.05) is 24.3 Å². The van der Waals surface area contributed by atoms with E-state index in [0.717, 1.165) is 60.8 Å². The highest BCUT2D eigenvalue weighted by Gasteiger charge is 2.24. The van der Waals surface area contributed by atoms with Crippen molar-refractivity contribution in [1.29, 1.82) is 0 Å². The normalized spacial score (nSPS) is 18.1. The summed E-state index contributed by atoms with van der Waals surface area (Å²) in [4.78, 5) is 25.8. The molecular formula is C25H25N7O2. The van der Waals surface area contributed by atoms with Gasteiger partial charge in [0.05, 0.1) is 23.5 Å². The zero-order valence-electron chi connectivity index (χ0n) is 18.6. The van der Waals surface area contributed by atoms with Gasteiger partial charge in [-0.15, -0.1) is 0 Å². The van der Waals surface area contributed by atoms with Crippen LogP contribution in [0.4, 0.5) is 0 Å². The van der Waals surface area contributed by atoms with E-state index in [2.05, 4.69) is 35.8 Å². The van der Waals surface area contributed by atoms with Gasteiger partial charge in [-0.25, -0.2) is 4.98 Å². The number of aromatic amines is 1. The number of piperidine rings is 1. The minimum absolute atomic E-state index is 0.0813. The van der Waals surface area contributed by atoms with Crippen molar-refractivity contribution in [3.63, 3.8) is 0 Å². The first-order chi connectivity index (χ1) is 16.7. The predicted octanol–water partition coefficient (Wildman–Crippen LogP) is 3.10. The van der Waals surface area contributed by atoms with E-state index in [9.17, 15) is 4.79 Å². The van der Waals surface area contributed by atoms with Crippen LogP contribution in [-0.4, -0.2) is 56.3 Å². The fraction of sp³-hybridized carbons (Fsp3) is 0.320. The van der Waals surface area contributed by atoms with E-state index in [4.69, 9.17) is 4.74 Å². The molecule has 4 aromatic rings. The Morgan fingerprint density at radius 3 is 2.79 bits per heavy atom. The highest BCUT2D eigenvalue weighted by Crippen LogP contribution is 2.30. The summed E-state index contributed by atoms with van der Waals surface area (Å²) in [7, 11) is 0. The van der Waals surface area contributed by atoms with Gasteiger partial charge in [0, 0.05) is 35.9 Å². The molecule has 172 valence electrons. The van der Waals surface area contributed by atoms with Gasteiger partial charge in [0.1, 0.15) is 17.5 Å². The van der Waals surface area contributed by atoms with Crippen LogP contribution in [0.5, 0.6) is 5.88 Å². The Kier molecular flexibility index (Phi) is 5.38. The number of hydrogen-bond acceptors (Lipinski definition) is 7. The van der Waals surface area contributed by atoms with Crippen molar-refractivity contribution in [3.05, 3.63) is 54.6 Å². The van der Waals surface area contributed by atoms with Crippen molar-refractivity contribution >= 4 is 16.8 Å². The summed E-state index contributed by atoms with van der Waals surface area (Å²) < 4.78 is 6.05. The molecule has 1 aliphatic carbocycles. The van der Waals surface area contributed by atoms with Crippen LogP contribution in [0.25, 0.3) is 33.4 Å². The maximum absolute atomic E-state index is 12.5. The average molecular weight is 456 g/mol. The summed E-state index contributed by atoms with van der Waals surface area (Å²) >= 11 is 0.